The van der Waals surface area contributed by atoms with Crippen LogP contribution in [0.25, 0.3) is 11.3 Å². The Balaban J connectivity index is 1.49. The Morgan fingerprint density at radius 3 is 2.92 bits per heavy atom. The third kappa shape index (κ3) is 2.85. The number of aromatic nitrogens is 3. The van der Waals surface area contributed by atoms with E-state index in [-0.39, 0.29) is 11.9 Å². The molecule has 0 saturated carbocycles. The van der Waals surface area contributed by atoms with Crippen molar-refractivity contribution in [1.29, 1.82) is 0 Å². The molecule has 134 valence electrons. The maximum atomic E-state index is 12.8. The quantitative estimate of drug-likeness (QED) is 0.806. The molecule has 2 aliphatic rings. The molecule has 0 N–H and O–H groups in total. The predicted octanol–water partition coefficient (Wildman–Crippen LogP) is 0.929. The molecule has 2 fully saturated rings. The fourth-order valence-electron chi connectivity index (χ4n) is 3.66. The number of carbonyl (C=O) groups excluding carboxylic acids is 1. The smallest absolute Gasteiger partial charge is 0.276 e. The van der Waals surface area contributed by atoms with E-state index in [0.717, 1.165) is 24.4 Å². The molecule has 0 bridgehead atoms. The third-order valence-electron chi connectivity index (χ3n) is 5.28. The van der Waals surface area contributed by atoms with Crippen molar-refractivity contribution in [3.8, 4) is 11.3 Å². The Bertz CT molecular complexity index is 783. The third-order valence-corrected chi connectivity index (χ3v) is 5.28. The zero-order valence-electron chi connectivity index (χ0n) is 14.8. The Hall–Kier alpha value is -2.19. The van der Waals surface area contributed by atoms with Gasteiger partial charge in [-0.25, -0.2) is 0 Å². The van der Waals surface area contributed by atoms with Crippen LogP contribution < -0.4 is 0 Å². The van der Waals surface area contributed by atoms with Crippen LogP contribution in [0.15, 0.2) is 16.8 Å². The predicted molar refractivity (Wildman–Crippen MR) is 90.1 cm³/mol. The molecule has 2 aliphatic heterocycles. The Morgan fingerprint density at radius 2 is 2.16 bits per heavy atom. The molecule has 8 nitrogen and oxygen atoms in total. The van der Waals surface area contributed by atoms with Crippen molar-refractivity contribution in [2.24, 2.45) is 7.05 Å². The molecule has 2 atom stereocenters. The number of aryl methyl sites for hydroxylation is 1. The summed E-state index contributed by atoms with van der Waals surface area (Å²) < 4.78 is 12.8. The first kappa shape index (κ1) is 16.3. The van der Waals surface area contributed by atoms with E-state index in [1.807, 2.05) is 18.9 Å². The van der Waals surface area contributed by atoms with Gasteiger partial charge in [0.15, 0.2) is 11.5 Å². The van der Waals surface area contributed by atoms with Gasteiger partial charge >= 0.3 is 0 Å². The number of ether oxygens (including phenoxy) is 1. The van der Waals surface area contributed by atoms with Gasteiger partial charge in [-0.15, -0.1) is 0 Å². The van der Waals surface area contributed by atoms with Gasteiger partial charge in [-0.05, 0) is 13.8 Å². The molecule has 0 unspecified atom stereocenters. The second-order valence-electron chi connectivity index (χ2n) is 6.87. The van der Waals surface area contributed by atoms with Crippen LogP contribution in [0.1, 0.15) is 23.1 Å². The first-order valence-electron chi connectivity index (χ1n) is 8.63. The number of fused-ring (bicyclic) bond motifs is 1. The highest BCUT2D eigenvalue weighted by Crippen LogP contribution is 2.25. The van der Waals surface area contributed by atoms with E-state index in [1.54, 1.807) is 16.9 Å². The van der Waals surface area contributed by atoms with Gasteiger partial charge in [0.05, 0.1) is 31.0 Å². The van der Waals surface area contributed by atoms with Crippen molar-refractivity contribution in [3.05, 3.63) is 23.7 Å². The van der Waals surface area contributed by atoms with Gasteiger partial charge in [-0.1, -0.05) is 5.16 Å². The number of hydrogen-bond acceptors (Lipinski definition) is 6. The molecule has 4 rings (SSSR count). The molecule has 2 saturated heterocycles. The van der Waals surface area contributed by atoms with Crippen LogP contribution in [0, 0.1) is 6.92 Å². The van der Waals surface area contributed by atoms with Crippen LogP contribution in [-0.2, 0) is 11.8 Å². The lowest BCUT2D eigenvalue weighted by atomic mass is 10.1. The normalized spacial score (nSPS) is 24.4. The number of nitrogens with zero attached hydrogens (tertiary/aromatic N) is 5. The van der Waals surface area contributed by atoms with Gasteiger partial charge < -0.3 is 14.2 Å². The molecule has 4 heterocycles. The van der Waals surface area contributed by atoms with Crippen LogP contribution in [0.4, 0.5) is 0 Å². The van der Waals surface area contributed by atoms with Gasteiger partial charge in [0.2, 0.25) is 0 Å². The molecule has 0 aromatic carbocycles. The number of morpholine rings is 1. The van der Waals surface area contributed by atoms with Gasteiger partial charge in [0.1, 0.15) is 0 Å². The van der Waals surface area contributed by atoms with Gasteiger partial charge in [0.25, 0.3) is 5.91 Å². The lowest BCUT2D eigenvalue weighted by Crippen LogP contribution is -2.62. The van der Waals surface area contributed by atoms with Crippen molar-refractivity contribution in [2.45, 2.75) is 25.9 Å². The van der Waals surface area contributed by atoms with Crippen LogP contribution >= 0.6 is 0 Å². The van der Waals surface area contributed by atoms with Crippen molar-refractivity contribution < 1.29 is 14.1 Å². The highest BCUT2D eigenvalue weighted by molar-refractivity contribution is 5.93. The van der Waals surface area contributed by atoms with E-state index in [0.29, 0.717) is 37.2 Å². The zero-order valence-corrected chi connectivity index (χ0v) is 14.8. The molecule has 0 spiro atoms. The standard InChI is InChI=1S/C17H23N5O3/c1-11-9-24-10-13-8-21(4-5-22(11)13)17(23)15-6-16(25-19-15)14-7-18-20(3)12(14)2/h6-7,11,13H,4-5,8-10H2,1-3H3/t11-,13+/m0/s1. The second-order valence-corrected chi connectivity index (χ2v) is 6.87. The monoisotopic (exact) mass is 345 g/mol. The molecule has 1 amide bonds. The maximum Gasteiger partial charge on any atom is 0.276 e. The highest BCUT2D eigenvalue weighted by Gasteiger charge is 2.36. The Morgan fingerprint density at radius 1 is 1.32 bits per heavy atom. The molecule has 8 heteroatoms. The lowest BCUT2D eigenvalue weighted by Gasteiger charge is -2.46. The summed E-state index contributed by atoms with van der Waals surface area (Å²) in [4.78, 5) is 17.1. The SMILES string of the molecule is Cc1c(-c2cc(C(=O)N3CCN4[C@@H](COC[C@@H]4C)C3)no2)cnn1C. The summed E-state index contributed by atoms with van der Waals surface area (Å²) >= 11 is 0. The van der Waals surface area contributed by atoms with Crippen molar-refractivity contribution in [2.75, 3.05) is 32.8 Å². The number of carbonyl (C=O) groups is 1. The summed E-state index contributed by atoms with van der Waals surface area (Å²) in [7, 11) is 1.87. The van der Waals surface area contributed by atoms with E-state index in [4.69, 9.17) is 9.26 Å². The molecule has 2 aromatic rings. The first-order valence-corrected chi connectivity index (χ1v) is 8.63. The molecule has 0 radical (unpaired) electrons. The minimum Gasteiger partial charge on any atom is -0.378 e. The van der Waals surface area contributed by atoms with E-state index in [2.05, 4.69) is 22.1 Å². The summed E-state index contributed by atoms with van der Waals surface area (Å²) in [5.74, 6) is 0.483. The zero-order chi connectivity index (χ0) is 17.6. The number of rotatable bonds is 2. The highest BCUT2D eigenvalue weighted by atomic mass is 16.5. The van der Waals surface area contributed by atoms with Gasteiger partial charge in [0, 0.05) is 44.5 Å². The van der Waals surface area contributed by atoms with Crippen LogP contribution in [-0.4, -0.2) is 75.6 Å². The van der Waals surface area contributed by atoms with E-state index < -0.39 is 0 Å². The van der Waals surface area contributed by atoms with Gasteiger partial charge in [-0.2, -0.15) is 5.10 Å². The summed E-state index contributed by atoms with van der Waals surface area (Å²) in [6.45, 7) is 7.80. The summed E-state index contributed by atoms with van der Waals surface area (Å²) in [6.07, 6.45) is 1.73. The fraction of sp³-hybridized carbons (Fsp3) is 0.588. The number of hydrogen-bond donors (Lipinski definition) is 0. The largest absolute Gasteiger partial charge is 0.378 e. The molecule has 25 heavy (non-hydrogen) atoms. The van der Waals surface area contributed by atoms with Crippen molar-refractivity contribution >= 4 is 5.91 Å². The van der Waals surface area contributed by atoms with Crippen molar-refractivity contribution in [1.82, 2.24) is 24.7 Å². The fourth-order valence-corrected chi connectivity index (χ4v) is 3.66. The van der Waals surface area contributed by atoms with Crippen LogP contribution in [0.3, 0.4) is 0 Å². The second kappa shape index (κ2) is 6.27. The summed E-state index contributed by atoms with van der Waals surface area (Å²) in [5.41, 5.74) is 2.17. The number of piperazine rings is 1. The summed E-state index contributed by atoms with van der Waals surface area (Å²) in [6, 6.07) is 2.37. The van der Waals surface area contributed by atoms with Crippen LogP contribution in [0.5, 0.6) is 0 Å². The van der Waals surface area contributed by atoms with Gasteiger partial charge in [-0.3, -0.25) is 14.4 Å². The molecule has 2 aromatic heterocycles. The lowest BCUT2D eigenvalue weighted by molar-refractivity contribution is -0.0700. The van der Waals surface area contributed by atoms with Crippen LogP contribution in [0.2, 0.25) is 0 Å². The molecular formula is C17H23N5O3. The minimum absolute atomic E-state index is 0.0885. The first-order chi connectivity index (χ1) is 12.0. The maximum absolute atomic E-state index is 12.8. The number of amides is 1. The Labute approximate surface area is 146 Å². The minimum atomic E-state index is -0.0885. The summed E-state index contributed by atoms with van der Waals surface area (Å²) in [5, 5.41) is 8.19. The average Bonchev–Trinajstić information content (AvgIpc) is 3.22. The molecule has 0 aliphatic carbocycles. The van der Waals surface area contributed by atoms with E-state index in [1.165, 1.54) is 0 Å². The van der Waals surface area contributed by atoms with E-state index >= 15 is 0 Å². The topological polar surface area (TPSA) is 76.6 Å². The van der Waals surface area contributed by atoms with E-state index in [9.17, 15) is 4.79 Å². The average molecular weight is 345 g/mol. The molecular weight excluding hydrogens is 322 g/mol. The van der Waals surface area contributed by atoms with Crippen molar-refractivity contribution in [3.63, 3.8) is 0 Å². The Kier molecular flexibility index (Phi) is 4.09.